The fraction of sp³-hybridized carbons (Fsp3) is 0.118. The van der Waals surface area contributed by atoms with Crippen molar-refractivity contribution in [1.82, 2.24) is 0 Å². The van der Waals surface area contributed by atoms with E-state index < -0.39 is 0 Å². The largest absolute Gasteiger partial charge is 0.398 e. The quantitative estimate of drug-likeness (QED) is 0.247. The molecule has 0 aliphatic carbocycles. The molecule has 0 aliphatic heterocycles. The summed E-state index contributed by atoms with van der Waals surface area (Å²) >= 11 is 0. The van der Waals surface area contributed by atoms with Crippen LogP contribution in [0.5, 0.6) is 0 Å². The highest BCUT2D eigenvalue weighted by molar-refractivity contribution is 5.80. The average molecular weight is 471 g/mol. The molecule has 4 aromatic carbocycles. The summed E-state index contributed by atoms with van der Waals surface area (Å²) in [6, 6.07) is 34.3. The Morgan fingerprint density at radius 1 is 0.861 bits per heavy atom. The van der Waals surface area contributed by atoms with Crippen molar-refractivity contribution in [1.29, 1.82) is 0 Å². The monoisotopic (exact) mass is 470 g/mol. The normalized spacial score (nSPS) is 11.6. The van der Waals surface area contributed by atoms with Gasteiger partial charge in [-0.15, -0.1) is 0 Å². The minimum Gasteiger partial charge on any atom is -0.398 e. The molecule has 0 saturated carbocycles. The molecule has 0 fully saturated rings. The fourth-order valence-electron chi connectivity index (χ4n) is 4.41. The van der Waals surface area contributed by atoms with Gasteiger partial charge < -0.3 is 10.6 Å². The highest BCUT2D eigenvalue weighted by atomic mass is 15.1. The first-order chi connectivity index (χ1) is 17.6. The van der Waals surface area contributed by atoms with Crippen LogP contribution in [0.15, 0.2) is 116 Å². The summed E-state index contributed by atoms with van der Waals surface area (Å²) in [4.78, 5) is 2.42. The summed E-state index contributed by atoms with van der Waals surface area (Å²) < 4.78 is 0. The second-order valence-corrected chi connectivity index (χ2v) is 8.79. The molecular formula is C34H34N2. The highest BCUT2D eigenvalue weighted by Gasteiger charge is 2.15. The van der Waals surface area contributed by atoms with E-state index in [1.165, 1.54) is 28.1 Å². The Labute approximate surface area is 215 Å². The van der Waals surface area contributed by atoms with E-state index in [0.717, 1.165) is 35.3 Å². The van der Waals surface area contributed by atoms with E-state index in [1.54, 1.807) is 6.08 Å². The second kappa shape index (κ2) is 11.9. The zero-order valence-corrected chi connectivity index (χ0v) is 21.2. The van der Waals surface area contributed by atoms with E-state index in [0.29, 0.717) is 0 Å². The van der Waals surface area contributed by atoms with Crippen LogP contribution >= 0.6 is 0 Å². The predicted octanol–water partition coefficient (Wildman–Crippen LogP) is 9.07. The van der Waals surface area contributed by atoms with Crippen LogP contribution in [0.25, 0.3) is 29.0 Å². The van der Waals surface area contributed by atoms with Crippen LogP contribution in [-0.4, -0.2) is 0 Å². The van der Waals surface area contributed by atoms with Gasteiger partial charge in [-0.2, -0.15) is 0 Å². The molecule has 0 aliphatic rings. The second-order valence-electron chi connectivity index (χ2n) is 8.79. The lowest BCUT2D eigenvalue weighted by molar-refractivity contribution is 0.976. The van der Waals surface area contributed by atoms with Gasteiger partial charge in [0.15, 0.2) is 0 Å². The molecule has 0 amide bonds. The van der Waals surface area contributed by atoms with E-state index in [-0.39, 0.29) is 0 Å². The van der Waals surface area contributed by atoms with E-state index in [2.05, 4.69) is 135 Å². The van der Waals surface area contributed by atoms with Crippen molar-refractivity contribution in [2.75, 3.05) is 10.6 Å². The Balaban J connectivity index is 1.72. The minimum atomic E-state index is 0.748. The number of nitrogens with zero attached hydrogens (tertiary/aromatic N) is 1. The molecule has 4 rings (SSSR count). The molecule has 0 heterocycles. The molecule has 0 unspecified atom stereocenters. The van der Waals surface area contributed by atoms with Gasteiger partial charge in [-0.1, -0.05) is 111 Å². The van der Waals surface area contributed by atoms with Crippen LogP contribution in [-0.2, 0) is 6.54 Å². The van der Waals surface area contributed by atoms with Crippen molar-refractivity contribution >= 4 is 29.2 Å². The van der Waals surface area contributed by atoms with Crippen LogP contribution in [0.1, 0.15) is 42.5 Å². The van der Waals surface area contributed by atoms with Gasteiger partial charge in [-0.05, 0) is 71.0 Å². The van der Waals surface area contributed by atoms with Gasteiger partial charge in [0.25, 0.3) is 0 Å². The molecule has 0 atom stereocenters. The summed E-state index contributed by atoms with van der Waals surface area (Å²) in [6.07, 6.45) is 9.30. The van der Waals surface area contributed by atoms with Gasteiger partial charge in [0.05, 0.1) is 0 Å². The van der Waals surface area contributed by atoms with Crippen molar-refractivity contribution in [3.63, 3.8) is 0 Å². The number of nitrogen functional groups attached to an aromatic ring is 1. The Hall–Kier alpha value is -4.30. The lowest BCUT2D eigenvalue weighted by Crippen LogP contribution is -2.21. The topological polar surface area (TPSA) is 29.3 Å². The van der Waals surface area contributed by atoms with Crippen molar-refractivity contribution in [3.05, 3.63) is 138 Å². The molecular weight excluding hydrogens is 436 g/mol. The van der Waals surface area contributed by atoms with Crippen molar-refractivity contribution in [3.8, 4) is 11.1 Å². The van der Waals surface area contributed by atoms with Gasteiger partial charge in [0.2, 0.25) is 0 Å². The zero-order valence-electron chi connectivity index (χ0n) is 21.2. The van der Waals surface area contributed by atoms with Crippen LogP contribution in [0.4, 0.5) is 11.4 Å². The third-order valence-corrected chi connectivity index (χ3v) is 6.23. The number of allylic oxidation sites excluding steroid dienone is 2. The summed E-state index contributed by atoms with van der Waals surface area (Å²) in [5, 5.41) is 0. The molecule has 2 N–H and O–H groups in total. The Morgan fingerprint density at radius 2 is 1.61 bits per heavy atom. The molecule has 36 heavy (non-hydrogen) atoms. The molecule has 0 bridgehead atoms. The van der Waals surface area contributed by atoms with Gasteiger partial charge in [-0.3, -0.25) is 0 Å². The fourth-order valence-corrected chi connectivity index (χ4v) is 4.41. The predicted molar refractivity (Wildman–Crippen MR) is 158 cm³/mol. The standard InChI is InChI=1S/C34H34N2/c1-4-11-26-13-10-16-32(23-26)36(34(12-5-2)30-14-8-7-9-15-30)25-27-17-19-29(20-18-27)31-21-22-33(35)28(6-3)24-31/h4,6-24H,3,5,25,35H2,1-2H3/b11-4+,34-12-. The van der Waals surface area contributed by atoms with Crippen LogP contribution in [0.2, 0.25) is 0 Å². The van der Waals surface area contributed by atoms with Crippen molar-refractivity contribution in [2.45, 2.75) is 26.8 Å². The van der Waals surface area contributed by atoms with Gasteiger partial charge in [0, 0.05) is 23.6 Å². The first-order valence-corrected chi connectivity index (χ1v) is 12.5. The Kier molecular flexibility index (Phi) is 8.20. The van der Waals surface area contributed by atoms with Crippen LogP contribution in [0.3, 0.4) is 0 Å². The third-order valence-electron chi connectivity index (χ3n) is 6.23. The molecule has 0 spiro atoms. The van der Waals surface area contributed by atoms with E-state index in [9.17, 15) is 0 Å². The molecule has 2 heteroatoms. The average Bonchev–Trinajstić information content (AvgIpc) is 2.92. The number of rotatable bonds is 9. The molecule has 0 aromatic heterocycles. The third kappa shape index (κ3) is 5.84. The van der Waals surface area contributed by atoms with Gasteiger partial charge in [0.1, 0.15) is 0 Å². The maximum absolute atomic E-state index is 6.06. The number of hydrogen-bond acceptors (Lipinski definition) is 2. The van der Waals surface area contributed by atoms with Gasteiger partial charge >= 0.3 is 0 Å². The highest BCUT2D eigenvalue weighted by Crippen LogP contribution is 2.31. The van der Waals surface area contributed by atoms with Crippen LogP contribution < -0.4 is 10.6 Å². The molecule has 180 valence electrons. The lowest BCUT2D eigenvalue weighted by Gasteiger charge is -2.29. The minimum absolute atomic E-state index is 0.748. The number of hydrogen-bond donors (Lipinski definition) is 1. The summed E-state index contributed by atoms with van der Waals surface area (Å²) in [7, 11) is 0. The SMILES string of the molecule is C=Cc1cc(-c2ccc(CN(/C(=C\CC)c3ccccc3)c3cccc(/C=C/C)c3)cc2)ccc1N. The Bertz CT molecular complexity index is 1360. The number of anilines is 2. The Morgan fingerprint density at radius 3 is 2.31 bits per heavy atom. The first-order valence-electron chi connectivity index (χ1n) is 12.5. The van der Waals surface area contributed by atoms with Gasteiger partial charge in [-0.25, -0.2) is 0 Å². The number of benzene rings is 4. The summed E-state index contributed by atoms with van der Waals surface area (Å²) in [6.45, 7) is 8.89. The first kappa shape index (κ1) is 24.8. The maximum Gasteiger partial charge on any atom is 0.0481 e. The molecule has 2 nitrogen and oxygen atoms in total. The zero-order chi connectivity index (χ0) is 25.3. The maximum atomic E-state index is 6.06. The molecule has 4 aromatic rings. The van der Waals surface area contributed by atoms with Crippen LogP contribution in [0, 0.1) is 0 Å². The lowest BCUT2D eigenvalue weighted by atomic mass is 10.00. The smallest absolute Gasteiger partial charge is 0.0481 e. The van der Waals surface area contributed by atoms with E-state index in [1.807, 2.05) is 6.07 Å². The van der Waals surface area contributed by atoms with E-state index >= 15 is 0 Å². The summed E-state index contributed by atoms with van der Waals surface area (Å²) in [5.74, 6) is 0. The number of nitrogens with two attached hydrogens (primary N) is 1. The van der Waals surface area contributed by atoms with Crippen molar-refractivity contribution in [2.24, 2.45) is 0 Å². The summed E-state index contributed by atoms with van der Waals surface area (Å²) in [5.41, 5.74) is 16.1. The molecule has 0 radical (unpaired) electrons. The van der Waals surface area contributed by atoms with Crippen molar-refractivity contribution < 1.29 is 0 Å². The molecule has 0 saturated heterocycles. The van der Waals surface area contributed by atoms with E-state index in [4.69, 9.17) is 5.73 Å².